The highest BCUT2D eigenvalue weighted by atomic mass is 16.5. The zero-order valence-corrected chi connectivity index (χ0v) is 19.9. The number of rotatable bonds is 10. The predicted octanol–water partition coefficient (Wildman–Crippen LogP) is 3.59. The van der Waals surface area contributed by atoms with Crippen LogP contribution in [0.4, 0.5) is 5.69 Å². The molecular formula is C27H25N3O6. The van der Waals surface area contributed by atoms with Crippen LogP contribution in [0.25, 0.3) is 16.8 Å². The van der Waals surface area contributed by atoms with Crippen LogP contribution in [-0.2, 0) is 22.4 Å². The van der Waals surface area contributed by atoms with Gasteiger partial charge in [-0.2, -0.15) is 5.10 Å². The SMILES string of the molecule is CCc1c(N)c2c(OCC(=O)O)c(C(=O)C=O)c(-c3ccc(OC)cc3)nn2c1Cc1ccccc1. The Morgan fingerprint density at radius 3 is 2.39 bits per heavy atom. The Balaban J connectivity index is 2.09. The first-order valence-corrected chi connectivity index (χ1v) is 11.3. The van der Waals surface area contributed by atoms with Crippen LogP contribution in [0.5, 0.6) is 11.5 Å². The average molecular weight is 488 g/mol. The number of carboxylic acid groups (broad SMARTS) is 1. The van der Waals surface area contributed by atoms with Crippen molar-refractivity contribution in [3.8, 4) is 22.8 Å². The number of carboxylic acids is 1. The molecule has 2 heterocycles. The summed E-state index contributed by atoms with van der Waals surface area (Å²) < 4.78 is 12.5. The second-order valence-corrected chi connectivity index (χ2v) is 8.06. The minimum absolute atomic E-state index is 0.0955. The summed E-state index contributed by atoms with van der Waals surface area (Å²) in [5.41, 5.74) is 10.2. The van der Waals surface area contributed by atoms with Crippen molar-refractivity contribution in [1.29, 1.82) is 0 Å². The van der Waals surface area contributed by atoms with Crippen molar-refractivity contribution in [2.45, 2.75) is 19.8 Å². The summed E-state index contributed by atoms with van der Waals surface area (Å²) in [5, 5.41) is 14.1. The largest absolute Gasteiger partial charge is 0.497 e. The van der Waals surface area contributed by atoms with E-state index in [4.69, 9.17) is 20.3 Å². The maximum atomic E-state index is 12.9. The molecule has 4 aromatic rings. The first-order valence-electron chi connectivity index (χ1n) is 11.3. The van der Waals surface area contributed by atoms with E-state index in [-0.39, 0.29) is 28.8 Å². The van der Waals surface area contributed by atoms with Crippen molar-refractivity contribution in [1.82, 2.24) is 9.61 Å². The molecule has 0 amide bonds. The van der Waals surface area contributed by atoms with E-state index >= 15 is 0 Å². The molecule has 0 aliphatic heterocycles. The molecular weight excluding hydrogens is 462 g/mol. The molecule has 2 aromatic carbocycles. The van der Waals surface area contributed by atoms with Crippen molar-refractivity contribution >= 4 is 29.2 Å². The third-order valence-electron chi connectivity index (χ3n) is 5.90. The van der Waals surface area contributed by atoms with Crippen molar-refractivity contribution in [2.75, 3.05) is 19.5 Å². The fourth-order valence-corrected chi connectivity index (χ4v) is 4.26. The molecule has 0 saturated carbocycles. The normalized spacial score (nSPS) is 10.8. The third-order valence-corrected chi connectivity index (χ3v) is 5.90. The molecule has 3 N–H and O–H groups in total. The molecule has 0 radical (unpaired) electrons. The van der Waals surface area contributed by atoms with Gasteiger partial charge in [-0.1, -0.05) is 37.3 Å². The first-order chi connectivity index (χ1) is 17.4. The van der Waals surface area contributed by atoms with Gasteiger partial charge in [-0.25, -0.2) is 9.31 Å². The van der Waals surface area contributed by atoms with Gasteiger partial charge in [0.1, 0.15) is 17.0 Å². The quantitative estimate of drug-likeness (QED) is 0.197. The average Bonchev–Trinajstić information content (AvgIpc) is 3.16. The minimum atomic E-state index is -1.24. The van der Waals surface area contributed by atoms with E-state index in [0.717, 1.165) is 16.8 Å². The Morgan fingerprint density at radius 2 is 1.81 bits per heavy atom. The van der Waals surface area contributed by atoms with Crippen LogP contribution >= 0.6 is 0 Å². The lowest BCUT2D eigenvalue weighted by Crippen LogP contribution is -2.16. The number of aromatic nitrogens is 2. The molecule has 0 unspecified atom stereocenters. The Bertz CT molecular complexity index is 1440. The third kappa shape index (κ3) is 4.50. The van der Waals surface area contributed by atoms with Crippen LogP contribution in [0.1, 0.15) is 34.1 Å². The maximum Gasteiger partial charge on any atom is 0.341 e. The monoisotopic (exact) mass is 487 g/mol. The number of aldehydes is 1. The van der Waals surface area contributed by atoms with Gasteiger partial charge in [-0.3, -0.25) is 9.59 Å². The van der Waals surface area contributed by atoms with E-state index in [1.54, 1.807) is 28.8 Å². The van der Waals surface area contributed by atoms with E-state index in [1.165, 1.54) is 7.11 Å². The number of hydrogen-bond donors (Lipinski definition) is 2. The van der Waals surface area contributed by atoms with Crippen LogP contribution in [0.2, 0.25) is 0 Å². The molecule has 9 heteroatoms. The topological polar surface area (TPSA) is 133 Å². The van der Waals surface area contributed by atoms with Crippen molar-refractivity contribution < 1.29 is 29.0 Å². The van der Waals surface area contributed by atoms with Gasteiger partial charge in [0, 0.05) is 12.0 Å². The summed E-state index contributed by atoms with van der Waals surface area (Å²) in [4.78, 5) is 35.9. The van der Waals surface area contributed by atoms with E-state index in [0.29, 0.717) is 29.8 Å². The van der Waals surface area contributed by atoms with Crippen LogP contribution in [0.3, 0.4) is 0 Å². The van der Waals surface area contributed by atoms with Gasteiger partial charge in [0.05, 0.1) is 24.1 Å². The minimum Gasteiger partial charge on any atom is -0.497 e. The Morgan fingerprint density at radius 1 is 1.11 bits per heavy atom. The molecule has 4 rings (SSSR count). The van der Waals surface area contributed by atoms with Crippen LogP contribution in [0, 0.1) is 0 Å². The number of aliphatic carboxylic acids is 1. The highest BCUT2D eigenvalue weighted by molar-refractivity contribution is 6.36. The lowest BCUT2D eigenvalue weighted by Gasteiger charge is -2.16. The van der Waals surface area contributed by atoms with Crippen molar-refractivity contribution in [3.05, 3.63) is 77.0 Å². The van der Waals surface area contributed by atoms with Gasteiger partial charge >= 0.3 is 5.97 Å². The van der Waals surface area contributed by atoms with E-state index in [9.17, 15) is 19.5 Å². The summed E-state index contributed by atoms with van der Waals surface area (Å²) in [6.07, 6.45) is 1.19. The summed E-state index contributed by atoms with van der Waals surface area (Å²) in [6.45, 7) is 1.21. The molecule has 0 saturated heterocycles. The van der Waals surface area contributed by atoms with Gasteiger partial charge in [0.2, 0.25) is 5.78 Å². The molecule has 0 atom stereocenters. The highest BCUT2D eigenvalue weighted by Gasteiger charge is 2.29. The Kier molecular flexibility index (Phi) is 7.00. The zero-order chi connectivity index (χ0) is 25.8. The number of methoxy groups -OCH3 is 1. The molecule has 2 aromatic heterocycles. The van der Waals surface area contributed by atoms with Gasteiger partial charge in [-0.15, -0.1) is 0 Å². The molecule has 0 bridgehead atoms. The van der Waals surface area contributed by atoms with Crippen molar-refractivity contribution in [2.24, 2.45) is 0 Å². The first kappa shape index (κ1) is 24.5. The molecule has 0 spiro atoms. The number of anilines is 1. The maximum absolute atomic E-state index is 12.9. The smallest absolute Gasteiger partial charge is 0.341 e. The number of carbonyl (C=O) groups excluding carboxylic acids is 2. The number of nitrogens with zero attached hydrogens (tertiary/aromatic N) is 2. The number of carbonyl (C=O) groups is 3. The van der Waals surface area contributed by atoms with Crippen LogP contribution in [0.15, 0.2) is 54.6 Å². The summed E-state index contributed by atoms with van der Waals surface area (Å²) >= 11 is 0. The second kappa shape index (κ2) is 10.3. The fraction of sp³-hybridized carbons (Fsp3) is 0.185. The number of ketones is 1. The number of nitrogens with two attached hydrogens (primary N) is 1. The second-order valence-electron chi connectivity index (χ2n) is 8.06. The number of Topliss-reactive ketones (excluding diaryl/α,β-unsaturated/α-hetero) is 1. The molecule has 0 aliphatic rings. The molecule has 0 aliphatic carbocycles. The summed E-state index contributed by atoms with van der Waals surface area (Å²) in [7, 11) is 1.53. The van der Waals surface area contributed by atoms with Gasteiger partial charge in [0.25, 0.3) is 0 Å². The highest BCUT2D eigenvalue weighted by Crippen LogP contribution is 2.40. The molecule has 0 fully saturated rings. The standard InChI is InChI=1S/C27H25N3O6/c1-3-19-20(13-16-7-5-4-6-8-16)30-26(24(19)28)27(36-15-22(33)34)23(21(32)14-31)25(29-30)17-9-11-18(35-2)12-10-17/h4-12,14H,3,13,15,28H2,1-2H3,(H,33,34). The zero-order valence-electron chi connectivity index (χ0n) is 19.9. The van der Waals surface area contributed by atoms with Gasteiger partial charge in [-0.05, 0) is 41.8 Å². The predicted molar refractivity (Wildman–Crippen MR) is 134 cm³/mol. The fourth-order valence-electron chi connectivity index (χ4n) is 4.26. The van der Waals surface area contributed by atoms with E-state index in [2.05, 4.69) is 0 Å². The lowest BCUT2D eigenvalue weighted by atomic mass is 10.0. The number of benzene rings is 2. The number of hydrogen-bond acceptors (Lipinski definition) is 7. The number of fused-ring (bicyclic) bond motifs is 1. The lowest BCUT2D eigenvalue weighted by molar-refractivity contribution is -0.139. The van der Waals surface area contributed by atoms with Crippen LogP contribution in [-0.4, -0.2) is 46.5 Å². The summed E-state index contributed by atoms with van der Waals surface area (Å²) in [6, 6.07) is 16.5. The van der Waals surface area contributed by atoms with Crippen molar-refractivity contribution in [3.63, 3.8) is 0 Å². The van der Waals surface area contributed by atoms with E-state index in [1.807, 2.05) is 37.3 Å². The molecule has 184 valence electrons. The number of ether oxygens (including phenoxy) is 2. The van der Waals surface area contributed by atoms with Crippen LogP contribution < -0.4 is 15.2 Å². The Labute approximate surface area is 207 Å². The molecule has 9 nitrogen and oxygen atoms in total. The Hall–Kier alpha value is -4.66. The number of nitrogen functional groups attached to an aromatic ring is 1. The summed E-state index contributed by atoms with van der Waals surface area (Å²) in [5.74, 6) is -1.65. The molecule has 36 heavy (non-hydrogen) atoms. The van der Waals surface area contributed by atoms with Gasteiger partial charge in [0.15, 0.2) is 18.6 Å². The van der Waals surface area contributed by atoms with E-state index < -0.39 is 18.4 Å². The van der Waals surface area contributed by atoms with Gasteiger partial charge < -0.3 is 20.3 Å².